The Morgan fingerprint density at radius 1 is 1.47 bits per heavy atom. The van der Waals surface area contributed by atoms with Gasteiger partial charge in [-0.2, -0.15) is 0 Å². The molecule has 1 fully saturated rings. The predicted octanol–water partition coefficient (Wildman–Crippen LogP) is 1.85. The monoisotopic (exact) mass is 254 g/mol. The Labute approximate surface area is 108 Å². The van der Waals surface area contributed by atoms with E-state index in [1.54, 1.807) is 0 Å². The first-order valence-electron chi connectivity index (χ1n) is 6.27. The number of rotatable bonds is 6. The van der Waals surface area contributed by atoms with E-state index in [-0.39, 0.29) is 0 Å². The van der Waals surface area contributed by atoms with Crippen molar-refractivity contribution < 1.29 is 4.74 Å². The van der Waals surface area contributed by atoms with Gasteiger partial charge in [-0.15, -0.1) is 11.3 Å². The number of piperidine rings is 1. The minimum Gasteiger partial charge on any atom is -0.384 e. The van der Waals surface area contributed by atoms with Crippen LogP contribution in [-0.2, 0) is 11.3 Å². The summed E-state index contributed by atoms with van der Waals surface area (Å²) in [4.78, 5) is 1.41. The molecule has 0 saturated carbocycles. The molecule has 0 bridgehead atoms. The lowest BCUT2D eigenvalue weighted by molar-refractivity contribution is 0.0535. The van der Waals surface area contributed by atoms with E-state index < -0.39 is 0 Å². The normalized spacial score (nSPS) is 19.4. The molecule has 96 valence electrons. The van der Waals surface area contributed by atoms with Crippen molar-refractivity contribution in [3.63, 3.8) is 0 Å². The van der Waals surface area contributed by atoms with Crippen LogP contribution in [0.25, 0.3) is 0 Å². The summed E-state index contributed by atoms with van der Waals surface area (Å²) in [7, 11) is 1.81. The third-order valence-corrected chi connectivity index (χ3v) is 4.37. The van der Waals surface area contributed by atoms with Crippen LogP contribution >= 0.6 is 11.3 Å². The van der Waals surface area contributed by atoms with Crippen molar-refractivity contribution in [3.05, 3.63) is 22.4 Å². The number of thiophene rings is 1. The number of hydrogen-bond acceptors (Lipinski definition) is 4. The number of methoxy groups -OCH3 is 1. The lowest BCUT2D eigenvalue weighted by Gasteiger charge is -2.37. The summed E-state index contributed by atoms with van der Waals surface area (Å²) in [6.07, 6.45) is 2.41. The van der Waals surface area contributed by atoms with Crippen molar-refractivity contribution in [3.8, 4) is 0 Å². The Bertz CT molecular complexity index is 302. The van der Waals surface area contributed by atoms with E-state index in [9.17, 15) is 0 Å². The molecule has 0 aromatic carbocycles. The molecule has 0 radical (unpaired) electrons. The number of ether oxygens (including phenoxy) is 1. The summed E-state index contributed by atoms with van der Waals surface area (Å²) in [5.41, 5.74) is 0.331. The van der Waals surface area contributed by atoms with E-state index in [0.717, 1.165) is 32.8 Å². The molecular weight excluding hydrogens is 232 g/mol. The molecule has 1 aliphatic rings. The summed E-state index contributed by atoms with van der Waals surface area (Å²) >= 11 is 1.82. The molecule has 0 spiro atoms. The van der Waals surface area contributed by atoms with Gasteiger partial charge in [0.2, 0.25) is 0 Å². The van der Waals surface area contributed by atoms with Gasteiger partial charge in [0.15, 0.2) is 0 Å². The topological polar surface area (TPSA) is 33.3 Å². The van der Waals surface area contributed by atoms with Gasteiger partial charge in [-0.05, 0) is 37.4 Å². The Morgan fingerprint density at radius 3 is 2.94 bits per heavy atom. The molecule has 3 nitrogen and oxygen atoms in total. The van der Waals surface area contributed by atoms with Crippen LogP contribution in [0.5, 0.6) is 0 Å². The van der Waals surface area contributed by atoms with Gasteiger partial charge in [0.1, 0.15) is 0 Å². The van der Waals surface area contributed by atoms with E-state index >= 15 is 0 Å². The molecule has 4 heteroatoms. The van der Waals surface area contributed by atoms with Crippen LogP contribution < -0.4 is 10.6 Å². The van der Waals surface area contributed by atoms with E-state index in [2.05, 4.69) is 28.1 Å². The average Bonchev–Trinajstić information content (AvgIpc) is 2.84. The SMILES string of the molecule is COCC1(CNCc2cccs2)CCNCC1. The molecule has 0 aliphatic carbocycles. The summed E-state index contributed by atoms with van der Waals surface area (Å²) in [6.45, 7) is 5.14. The van der Waals surface area contributed by atoms with Crippen LogP contribution in [0, 0.1) is 5.41 Å². The third kappa shape index (κ3) is 3.78. The lowest BCUT2D eigenvalue weighted by Crippen LogP contribution is -2.45. The molecular formula is C13H22N2OS. The highest BCUT2D eigenvalue weighted by Crippen LogP contribution is 2.28. The van der Waals surface area contributed by atoms with Crippen molar-refractivity contribution in [1.82, 2.24) is 10.6 Å². The van der Waals surface area contributed by atoms with Crippen LogP contribution in [0.1, 0.15) is 17.7 Å². The maximum Gasteiger partial charge on any atom is 0.0531 e. The van der Waals surface area contributed by atoms with E-state index in [0.29, 0.717) is 5.41 Å². The molecule has 1 aromatic rings. The van der Waals surface area contributed by atoms with Crippen LogP contribution in [0.4, 0.5) is 0 Å². The zero-order chi connectivity index (χ0) is 12.0. The van der Waals surface area contributed by atoms with Crippen LogP contribution in [0.15, 0.2) is 17.5 Å². The molecule has 2 heterocycles. The Kier molecular flexibility index (Phi) is 4.98. The second kappa shape index (κ2) is 6.50. The summed E-state index contributed by atoms with van der Waals surface area (Å²) in [5.74, 6) is 0. The fourth-order valence-electron chi connectivity index (χ4n) is 2.50. The fourth-order valence-corrected chi connectivity index (χ4v) is 3.17. The quantitative estimate of drug-likeness (QED) is 0.813. The smallest absolute Gasteiger partial charge is 0.0531 e. The maximum atomic E-state index is 5.41. The highest BCUT2D eigenvalue weighted by Gasteiger charge is 2.31. The predicted molar refractivity (Wildman–Crippen MR) is 72.4 cm³/mol. The van der Waals surface area contributed by atoms with Gasteiger partial charge in [0.05, 0.1) is 6.61 Å². The fraction of sp³-hybridized carbons (Fsp3) is 0.692. The molecule has 0 amide bonds. The zero-order valence-corrected chi connectivity index (χ0v) is 11.3. The molecule has 1 aliphatic heterocycles. The van der Waals surface area contributed by atoms with Crippen molar-refractivity contribution in [1.29, 1.82) is 0 Å². The summed E-state index contributed by atoms with van der Waals surface area (Å²) in [6, 6.07) is 4.29. The van der Waals surface area contributed by atoms with E-state index in [4.69, 9.17) is 4.74 Å². The summed E-state index contributed by atoms with van der Waals surface area (Å²) < 4.78 is 5.41. The molecule has 1 saturated heterocycles. The van der Waals surface area contributed by atoms with E-state index in [1.807, 2.05) is 18.4 Å². The lowest BCUT2D eigenvalue weighted by atomic mass is 9.79. The van der Waals surface area contributed by atoms with Crippen LogP contribution in [0.3, 0.4) is 0 Å². The van der Waals surface area contributed by atoms with Crippen LogP contribution in [0.2, 0.25) is 0 Å². The first-order chi connectivity index (χ1) is 8.35. The first-order valence-corrected chi connectivity index (χ1v) is 7.15. The third-order valence-electron chi connectivity index (χ3n) is 3.49. The van der Waals surface area contributed by atoms with Gasteiger partial charge in [-0.25, -0.2) is 0 Å². The van der Waals surface area contributed by atoms with Crippen LogP contribution in [-0.4, -0.2) is 33.4 Å². The Morgan fingerprint density at radius 2 is 2.29 bits per heavy atom. The van der Waals surface area contributed by atoms with E-state index in [1.165, 1.54) is 17.7 Å². The Hall–Kier alpha value is -0.420. The van der Waals surface area contributed by atoms with Gasteiger partial charge in [-0.3, -0.25) is 0 Å². The van der Waals surface area contributed by atoms with Gasteiger partial charge < -0.3 is 15.4 Å². The molecule has 2 N–H and O–H groups in total. The van der Waals surface area contributed by atoms with Crippen molar-refractivity contribution >= 4 is 11.3 Å². The van der Waals surface area contributed by atoms with Gasteiger partial charge in [-0.1, -0.05) is 6.07 Å². The van der Waals surface area contributed by atoms with Gasteiger partial charge in [0.25, 0.3) is 0 Å². The molecule has 0 atom stereocenters. The molecule has 0 unspecified atom stereocenters. The van der Waals surface area contributed by atoms with Gasteiger partial charge in [0, 0.05) is 30.5 Å². The zero-order valence-electron chi connectivity index (χ0n) is 10.5. The van der Waals surface area contributed by atoms with Gasteiger partial charge >= 0.3 is 0 Å². The molecule has 17 heavy (non-hydrogen) atoms. The highest BCUT2D eigenvalue weighted by atomic mass is 32.1. The summed E-state index contributed by atoms with van der Waals surface area (Å²) in [5, 5.41) is 9.14. The average molecular weight is 254 g/mol. The van der Waals surface area contributed by atoms with Crippen molar-refractivity contribution in [2.24, 2.45) is 5.41 Å². The van der Waals surface area contributed by atoms with Crippen molar-refractivity contribution in [2.45, 2.75) is 19.4 Å². The standard InChI is InChI=1S/C13H22N2OS/c1-16-11-13(4-6-14-7-5-13)10-15-9-12-3-2-8-17-12/h2-3,8,14-15H,4-7,9-11H2,1H3. The first kappa shape index (κ1) is 13.0. The number of hydrogen-bond donors (Lipinski definition) is 2. The second-order valence-corrected chi connectivity index (χ2v) is 5.90. The minimum absolute atomic E-state index is 0.331. The maximum absolute atomic E-state index is 5.41. The number of nitrogens with one attached hydrogen (secondary N) is 2. The largest absolute Gasteiger partial charge is 0.384 e. The Balaban J connectivity index is 1.80. The second-order valence-electron chi connectivity index (χ2n) is 4.87. The molecule has 2 rings (SSSR count). The molecule has 1 aromatic heterocycles. The minimum atomic E-state index is 0.331. The highest BCUT2D eigenvalue weighted by molar-refractivity contribution is 7.09. The van der Waals surface area contributed by atoms with Crippen molar-refractivity contribution in [2.75, 3.05) is 33.4 Å².